The normalized spacial score (nSPS) is 15.0. The lowest BCUT2D eigenvalue weighted by Crippen LogP contribution is -2.48. The molecule has 0 atom stereocenters. The molecule has 2 aromatic carbocycles. The number of aryl methyl sites for hydroxylation is 1. The number of hydrogen-bond acceptors (Lipinski definition) is 6. The number of halogens is 1. The number of anilines is 1. The van der Waals surface area contributed by atoms with E-state index in [1.54, 1.807) is 21.8 Å². The van der Waals surface area contributed by atoms with Gasteiger partial charge in [-0.25, -0.2) is 5.84 Å². The number of rotatable bonds is 4. The zero-order chi connectivity index (χ0) is 23.3. The molecule has 9 heteroatoms. The van der Waals surface area contributed by atoms with Crippen LogP contribution in [0.5, 0.6) is 0 Å². The minimum Gasteiger partial charge on any atom is -0.403 e. The van der Waals surface area contributed by atoms with Crippen molar-refractivity contribution in [1.82, 2.24) is 20.1 Å². The van der Waals surface area contributed by atoms with Crippen LogP contribution < -0.4 is 21.8 Å². The molecule has 1 amide bonds. The van der Waals surface area contributed by atoms with Gasteiger partial charge in [0.15, 0.2) is 5.69 Å². The zero-order valence-corrected chi connectivity index (χ0v) is 19.4. The van der Waals surface area contributed by atoms with Gasteiger partial charge in [0, 0.05) is 42.4 Å². The summed E-state index contributed by atoms with van der Waals surface area (Å²) in [5.74, 6) is 5.74. The fraction of sp³-hybridized carbons (Fsp3) is 0.304. The molecule has 0 aliphatic carbocycles. The van der Waals surface area contributed by atoms with Crippen molar-refractivity contribution in [2.24, 2.45) is 18.6 Å². The highest BCUT2D eigenvalue weighted by Gasteiger charge is 2.21. The first kappa shape index (κ1) is 23.4. The Morgan fingerprint density at radius 1 is 1.19 bits per heavy atom. The van der Waals surface area contributed by atoms with Gasteiger partial charge in [0.25, 0.3) is 5.91 Å². The van der Waals surface area contributed by atoms with Crippen LogP contribution in [0.25, 0.3) is 10.9 Å². The molecular formula is C23H30ClN7O. The Kier molecular flexibility index (Phi) is 7.61. The van der Waals surface area contributed by atoms with Crippen molar-refractivity contribution in [3.8, 4) is 0 Å². The van der Waals surface area contributed by atoms with Crippen molar-refractivity contribution in [1.29, 1.82) is 0 Å². The number of carbonyl (C=O) groups excluding carboxylic acids is 1. The zero-order valence-electron chi connectivity index (χ0n) is 18.7. The van der Waals surface area contributed by atoms with E-state index in [4.69, 9.17) is 23.2 Å². The number of hydrazine groups is 1. The average molecular weight is 456 g/mol. The molecule has 0 spiro atoms. The average Bonchev–Trinajstić information content (AvgIpc) is 3.16. The van der Waals surface area contributed by atoms with Gasteiger partial charge in [0.1, 0.15) is 0 Å². The molecule has 8 nitrogen and oxygen atoms in total. The molecule has 1 aliphatic rings. The Bertz CT molecular complexity index is 1110. The first-order chi connectivity index (χ1) is 15.5. The van der Waals surface area contributed by atoms with Gasteiger partial charge in [-0.3, -0.25) is 9.48 Å². The SMILES string of the molecule is CC.Cn1nc(C(=O)NCc2ccc(Cl)cc2)c2ccc(N3CCN(N)/C(=C\N)C3)cc21. The number of aromatic nitrogens is 2. The van der Waals surface area contributed by atoms with Gasteiger partial charge in [0.05, 0.1) is 24.3 Å². The summed E-state index contributed by atoms with van der Waals surface area (Å²) in [6.45, 7) is 6.50. The Hall–Kier alpha value is -3.23. The van der Waals surface area contributed by atoms with E-state index in [9.17, 15) is 4.79 Å². The van der Waals surface area contributed by atoms with Crippen molar-refractivity contribution in [2.75, 3.05) is 24.5 Å². The van der Waals surface area contributed by atoms with Crippen LogP contribution in [0.4, 0.5) is 5.69 Å². The van der Waals surface area contributed by atoms with Gasteiger partial charge in [-0.1, -0.05) is 37.6 Å². The summed E-state index contributed by atoms with van der Waals surface area (Å²) in [5, 5.41) is 10.5. The highest BCUT2D eigenvalue weighted by Crippen LogP contribution is 2.26. The van der Waals surface area contributed by atoms with Gasteiger partial charge < -0.3 is 21.0 Å². The summed E-state index contributed by atoms with van der Waals surface area (Å²) in [6, 6.07) is 13.4. The maximum atomic E-state index is 12.8. The van der Waals surface area contributed by atoms with E-state index in [1.807, 2.05) is 51.2 Å². The number of nitrogens with two attached hydrogens (primary N) is 2. The number of hydrogen-bond donors (Lipinski definition) is 3. The van der Waals surface area contributed by atoms with Crippen LogP contribution in [0.2, 0.25) is 5.02 Å². The van der Waals surface area contributed by atoms with E-state index >= 15 is 0 Å². The van der Waals surface area contributed by atoms with Crippen molar-refractivity contribution in [2.45, 2.75) is 20.4 Å². The molecule has 1 aliphatic heterocycles. The van der Waals surface area contributed by atoms with E-state index in [1.165, 1.54) is 6.20 Å². The van der Waals surface area contributed by atoms with Crippen molar-refractivity contribution >= 4 is 34.1 Å². The topological polar surface area (TPSA) is 105 Å². The summed E-state index contributed by atoms with van der Waals surface area (Å²) in [5.41, 5.74) is 9.85. The van der Waals surface area contributed by atoms with Crippen molar-refractivity contribution < 1.29 is 4.79 Å². The molecule has 4 rings (SSSR count). The van der Waals surface area contributed by atoms with Crippen molar-refractivity contribution in [3.63, 3.8) is 0 Å². The van der Waals surface area contributed by atoms with Crippen LogP contribution in [0, 0.1) is 0 Å². The molecule has 1 saturated heterocycles. The third kappa shape index (κ3) is 4.98. The number of carbonyl (C=O) groups is 1. The number of nitrogens with zero attached hydrogens (tertiary/aromatic N) is 4. The molecule has 0 radical (unpaired) electrons. The van der Waals surface area contributed by atoms with Gasteiger partial charge in [-0.15, -0.1) is 0 Å². The summed E-state index contributed by atoms with van der Waals surface area (Å²) < 4.78 is 1.73. The third-order valence-corrected chi connectivity index (χ3v) is 5.56. The second-order valence-corrected chi connectivity index (χ2v) is 7.69. The van der Waals surface area contributed by atoms with E-state index in [2.05, 4.69) is 15.3 Å². The number of nitrogens with one attached hydrogen (secondary N) is 1. The predicted octanol–water partition coefficient (Wildman–Crippen LogP) is 2.98. The molecule has 3 aromatic rings. The fourth-order valence-electron chi connectivity index (χ4n) is 3.58. The maximum absolute atomic E-state index is 12.8. The highest BCUT2D eigenvalue weighted by atomic mass is 35.5. The maximum Gasteiger partial charge on any atom is 0.272 e. The highest BCUT2D eigenvalue weighted by molar-refractivity contribution is 6.30. The van der Waals surface area contributed by atoms with Crippen LogP contribution in [0.1, 0.15) is 29.9 Å². The lowest BCUT2D eigenvalue weighted by Gasteiger charge is -2.36. The van der Waals surface area contributed by atoms with Crippen molar-refractivity contribution in [3.05, 3.63) is 70.6 Å². The Labute approximate surface area is 193 Å². The summed E-state index contributed by atoms with van der Waals surface area (Å²) in [7, 11) is 1.84. The Morgan fingerprint density at radius 3 is 2.59 bits per heavy atom. The molecular weight excluding hydrogens is 426 g/mol. The standard InChI is InChI=1S/C21H24ClN7O.C2H6/c1-27-19-10-16(28-8-9-29(24)17(11-23)13-28)6-7-18(19)20(26-27)21(30)25-12-14-2-4-15(22)5-3-14;1-2/h2-7,10-11H,8-9,12-13,23-24H2,1H3,(H,25,30);1-2H3/b17-11-;. The summed E-state index contributed by atoms with van der Waals surface area (Å²) >= 11 is 5.91. The molecule has 1 fully saturated rings. The molecule has 0 bridgehead atoms. The monoisotopic (exact) mass is 455 g/mol. The van der Waals surface area contributed by atoms with Crippen LogP contribution >= 0.6 is 11.6 Å². The molecule has 2 heterocycles. The van der Waals surface area contributed by atoms with Gasteiger partial charge in [0.2, 0.25) is 0 Å². The lowest BCUT2D eigenvalue weighted by molar-refractivity contribution is 0.0946. The fourth-order valence-corrected chi connectivity index (χ4v) is 3.71. The first-order valence-corrected chi connectivity index (χ1v) is 11.0. The Balaban J connectivity index is 0.00000141. The number of fused-ring (bicyclic) bond motifs is 1. The lowest BCUT2D eigenvalue weighted by atomic mass is 10.1. The van der Waals surface area contributed by atoms with E-state index in [0.29, 0.717) is 30.4 Å². The van der Waals surface area contributed by atoms with Crippen LogP contribution in [0.15, 0.2) is 54.4 Å². The molecule has 5 N–H and O–H groups in total. The molecule has 0 saturated carbocycles. The minimum atomic E-state index is -0.214. The van der Waals surface area contributed by atoms with E-state index < -0.39 is 0 Å². The summed E-state index contributed by atoms with van der Waals surface area (Å²) in [6.07, 6.45) is 1.54. The van der Waals surface area contributed by atoms with Gasteiger partial charge in [-0.05, 0) is 35.9 Å². The number of amides is 1. The van der Waals surface area contributed by atoms with Crippen LogP contribution in [-0.2, 0) is 13.6 Å². The molecule has 0 unspecified atom stereocenters. The molecule has 32 heavy (non-hydrogen) atoms. The third-order valence-electron chi connectivity index (χ3n) is 5.31. The van der Waals surface area contributed by atoms with E-state index in [0.717, 1.165) is 34.4 Å². The second kappa shape index (κ2) is 10.4. The number of piperazine rings is 1. The Morgan fingerprint density at radius 2 is 1.91 bits per heavy atom. The van der Waals surface area contributed by atoms with Crippen LogP contribution in [0.3, 0.4) is 0 Å². The quantitative estimate of drug-likeness (QED) is 0.522. The number of benzene rings is 2. The van der Waals surface area contributed by atoms with E-state index in [-0.39, 0.29) is 5.91 Å². The second-order valence-electron chi connectivity index (χ2n) is 7.26. The minimum absolute atomic E-state index is 0.214. The van der Waals surface area contributed by atoms with Gasteiger partial charge in [-0.2, -0.15) is 5.10 Å². The predicted molar refractivity (Wildman–Crippen MR) is 130 cm³/mol. The smallest absolute Gasteiger partial charge is 0.272 e. The largest absolute Gasteiger partial charge is 0.403 e. The molecule has 1 aromatic heterocycles. The first-order valence-electron chi connectivity index (χ1n) is 10.6. The van der Waals surface area contributed by atoms with Gasteiger partial charge >= 0.3 is 0 Å². The summed E-state index contributed by atoms with van der Waals surface area (Å²) in [4.78, 5) is 15.0. The molecule has 170 valence electrons. The van der Waals surface area contributed by atoms with Crippen LogP contribution in [-0.4, -0.2) is 40.3 Å².